The molecule has 0 bridgehead atoms. The molecule has 1 saturated carbocycles. The maximum Gasteiger partial charge on any atom is 0.243 e. The van der Waals surface area contributed by atoms with Gasteiger partial charge in [0.1, 0.15) is 11.9 Å². The predicted molar refractivity (Wildman–Crippen MR) is 111 cm³/mol. The molecule has 1 aliphatic heterocycles. The van der Waals surface area contributed by atoms with Crippen molar-refractivity contribution >= 4 is 15.9 Å². The third-order valence-corrected chi connectivity index (χ3v) is 8.94. The van der Waals surface area contributed by atoms with Crippen LogP contribution >= 0.6 is 0 Å². The van der Waals surface area contributed by atoms with Gasteiger partial charge in [-0.25, -0.2) is 12.8 Å². The minimum absolute atomic E-state index is 0.0286. The smallest absolute Gasteiger partial charge is 0.243 e. The molecule has 2 fully saturated rings. The van der Waals surface area contributed by atoms with E-state index >= 15 is 0 Å². The van der Waals surface area contributed by atoms with Crippen molar-refractivity contribution in [2.75, 3.05) is 6.54 Å². The fourth-order valence-electron chi connectivity index (χ4n) is 4.64. The number of carbonyl (C=O) groups excluding carboxylic acids is 1. The maximum atomic E-state index is 13.2. The van der Waals surface area contributed by atoms with Crippen LogP contribution in [0.5, 0.6) is 0 Å². The van der Waals surface area contributed by atoms with Crippen molar-refractivity contribution in [2.45, 2.75) is 82.7 Å². The predicted octanol–water partition coefficient (Wildman–Crippen LogP) is 4.09. The monoisotopic (exact) mass is 424 g/mol. The summed E-state index contributed by atoms with van der Waals surface area (Å²) in [5.41, 5.74) is 0.320. The van der Waals surface area contributed by atoms with E-state index in [1.54, 1.807) is 0 Å². The summed E-state index contributed by atoms with van der Waals surface area (Å²) in [4.78, 5) is 12.9. The van der Waals surface area contributed by atoms with Crippen molar-refractivity contribution in [1.82, 2.24) is 9.62 Å². The fraction of sp³-hybridized carbons (Fsp3) is 0.682. The van der Waals surface area contributed by atoms with Crippen molar-refractivity contribution in [3.63, 3.8) is 0 Å². The Hall–Kier alpha value is -1.47. The normalized spacial score (nSPS) is 26.4. The molecular weight excluding hydrogens is 391 g/mol. The van der Waals surface area contributed by atoms with Crippen LogP contribution < -0.4 is 5.32 Å². The Bertz CT molecular complexity index is 815. The van der Waals surface area contributed by atoms with Gasteiger partial charge in [-0.05, 0) is 74.1 Å². The lowest BCUT2D eigenvalue weighted by Crippen LogP contribution is -2.49. The Morgan fingerprint density at radius 3 is 2.34 bits per heavy atom. The lowest BCUT2D eigenvalue weighted by atomic mass is 9.69. The average Bonchev–Trinajstić information content (AvgIpc) is 3.20. The van der Waals surface area contributed by atoms with Gasteiger partial charge in [-0.3, -0.25) is 4.79 Å². The van der Waals surface area contributed by atoms with E-state index in [4.69, 9.17) is 0 Å². The van der Waals surface area contributed by atoms with E-state index in [1.165, 1.54) is 16.4 Å². The lowest BCUT2D eigenvalue weighted by Gasteiger charge is -2.39. The van der Waals surface area contributed by atoms with Crippen LogP contribution in [-0.2, 0) is 14.8 Å². The number of sulfonamides is 1. The number of carbonyl (C=O) groups is 1. The van der Waals surface area contributed by atoms with Crippen LogP contribution in [0.4, 0.5) is 4.39 Å². The molecule has 1 amide bonds. The van der Waals surface area contributed by atoms with Gasteiger partial charge in [0.05, 0.1) is 4.90 Å². The Kier molecular flexibility index (Phi) is 6.68. The third kappa shape index (κ3) is 4.82. The van der Waals surface area contributed by atoms with Gasteiger partial charge in [0.15, 0.2) is 0 Å². The number of benzene rings is 1. The van der Waals surface area contributed by atoms with E-state index in [0.29, 0.717) is 30.7 Å². The molecule has 0 radical (unpaired) electrons. The molecule has 1 aromatic rings. The van der Waals surface area contributed by atoms with Crippen LogP contribution in [-0.4, -0.2) is 37.3 Å². The van der Waals surface area contributed by atoms with Gasteiger partial charge >= 0.3 is 0 Å². The van der Waals surface area contributed by atoms with Gasteiger partial charge in [-0.1, -0.05) is 27.2 Å². The van der Waals surface area contributed by atoms with E-state index in [2.05, 4.69) is 26.1 Å². The second kappa shape index (κ2) is 8.72. The van der Waals surface area contributed by atoms with E-state index in [9.17, 15) is 17.6 Å². The number of hydrogen-bond acceptors (Lipinski definition) is 3. The Labute approximate surface area is 174 Å². The van der Waals surface area contributed by atoms with E-state index in [1.807, 2.05) is 0 Å². The zero-order valence-electron chi connectivity index (χ0n) is 17.7. The van der Waals surface area contributed by atoms with Crippen molar-refractivity contribution < 1.29 is 17.6 Å². The van der Waals surface area contributed by atoms with Crippen molar-refractivity contribution in [3.8, 4) is 0 Å². The summed E-state index contributed by atoms with van der Waals surface area (Å²) in [7, 11) is -3.82. The summed E-state index contributed by atoms with van der Waals surface area (Å²) in [6, 6.07) is 4.21. The first-order valence-electron chi connectivity index (χ1n) is 10.7. The lowest BCUT2D eigenvalue weighted by molar-refractivity contribution is -0.125. The molecule has 5 nitrogen and oxygen atoms in total. The van der Waals surface area contributed by atoms with Gasteiger partial charge in [0.25, 0.3) is 0 Å². The molecule has 162 valence electrons. The van der Waals surface area contributed by atoms with Gasteiger partial charge in [0.2, 0.25) is 15.9 Å². The Morgan fingerprint density at radius 2 is 1.76 bits per heavy atom. The molecule has 1 heterocycles. The fourth-order valence-corrected chi connectivity index (χ4v) is 6.29. The van der Waals surface area contributed by atoms with E-state index in [0.717, 1.165) is 44.2 Å². The molecule has 3 rings (SSSR count). The summed E-state index contributed by atoms with van der Waals surface area (Å²) >= 11 is 0. The third-order valence-electron chi connectivity index (χ3n) is 7.02. The summed E-state index contributed by atoms with van der Waals surface area (Å²) in [6.07, 6.45) is 6.38. The van der Waals surface area contributed by atoms with Crippen molar-refractivity contribution in [3.05, 3.63) is 30.1 Å². The maximum absolute atomic E-state index is 13.2. The van der Waals surface area contributed by atoms with Crippen LogP contribution in [0.2, 0.25) is 0 Å². The molecule has 0 aromatic heterocycles. The first-order chi connectivity index (χ1) is 13.6. The number of rotatable bonds is 6. The quantitative estimate of drug-likeness (QED) is 0.748. The minimum Gasteiger partial charge on any atom is -0.352 e. The highest BCUT2D eigenvalue weighted by Gasteiger charge is 2.40. The van der Waals surface area contributed by atoms with Gasteiger partial charge < -0.3 is 5.32 Å². The number of amides is 1. The zero-order chi connectivity index (χ0) is 21.2. The summed E-state index contributed by atoms with van der Waals surface area (Å²) < 4.78 is 40.4. The molecule has 1 saturated heterocycles. The van der Waals surface area contributed by atoms with Crippen molar-refractivity contribution in [1.29, 1.82) is 0 Å². The Balaban J connectivity index is 1.63. The molecule has 29 heavy (non-hydrogen) atoms. The summed E-state index contributed by atoms with van der Waals surface area (Å²) in [6.45, 7) is 7.17. The number of halogens is 1. The topological polar surface area (TPSA) is 66.5 Å². The number of hydrogen-bond donors (Lipinski definition) is 1. The van der Waals surface area contributed by atoms with Crippen LogP contribution in [0.25, 0.3) is 0 Å². The van der Waals surface area contributed by atoms with Crippen LogP contribution in [0.3, 0.4) is 0 Å². The summed E-state index contributed by atoms with van der Waals surface area (Å²) in [5.74, 6) is -0.0182. The minimum atomic E-state index is -3.82. The number of nitrogens with one attached hydrogen (secondary N) is 1. The van der Waals surface area contributed by atoms with Gasteiger partial charge in [-0.2, -0.15) is 4.31 Å². The molecular formula is C22H33FN2O3S. The summed E-state index contributed by atoms with van der Waals surface area (Å²) in [5, 5.41) is 3.11. The van der Waals surface area contributed by atoms with Gasteiger partial charge in [0, 0.05) is 12.6 Å². The second-order valence-corrected chi connectivity index (χ2v) is 11.0. The van der Waals surface area contributed by atoms with Crippen LogP contribution in [0, 0.1) is 17.2 Å². The first kappa shape index (κ1) is 22.2. The molecule has 0 spiro atoms. The van der Waals surface area contributed by atoms with Crippen LogP contribution in [0.1, 0.15) is 65.7 Å². The zero-order valence-corrected chi connectivity index (χ0v) is 18.5. The van der Waals surface area contributed by atoms with E-state index in [-0.39, 0.29) is 16.8 Å². The molecule has 1 N–H and O–H groups in total. The Morgan fingerprint density at radius 1 is 1.14 bits per heavy atom. The standard InChI is InChI=1S/C22H33FN2O3S/c1-4-22(2,3)16-7-11-18(12-8-16)24-21(26)20-6-5-15-25(20)29(27,28)19-13-9-17(23)10-14-19/h9-10,13-14,16,18,20H,4-8,11-12,15H2,1-3H3,(H,24,26). The largest absolute Gasteiger partial charge is 0.352 e. The molecule has 2 aliphatic rings. The highest BCUT2D eigenvalue weighted by Crippen LogP contribution is 2.40. The molecule has 1 aromatic carbocycles. The van der Waals surface area contributed by atoms with Gasteiger partial charge in [-0.15, -0.1) is 0 Å². The highest BCUT2D eigenvalue weighted by molar-refractivity contribution is 7.89. The average molecular weight is 425 g/mol. The second-order valence-electron chi connectivity index (χ2n) is 9.13. The van der Waals surface area contributed by atoms with Crippen molar-refractivity contribution in [2.24, 2.45) is 11.3 Å². The number of nitrogens with zero attached hydrogens (tertiary/aromatic N) is 1. The first-order valence-corrected chi connectivity index (χ1v) is 12.2. The van der Waals surface area contributed by atoms with Crippen LogP contribution in [0.15, 0.2) is 29.2 Å². The van der Waals surface area contributed by atoms with E-state index < -0.39 is 21.9 Å². The molecule has 1 aliphatic carbocycles. The SMILES string of the molecule is CCC(C)(C)C1CCC(NC(=O)C2CCCN2S(=O)(=O)c2ccc(F)cc2)CC1. The molecule has 1 atom stereocenters. The molecule has 7 heteroatoms. The molecule has 1 unspecified atom stereocenters. The highest BCUT2D eigenvalue weighted by atomic mass is 32.2.